The van der Waals surface area contributed by atoms with Gasteiger partial charge in [-0.2, -0.15) is 0 Å². The first-order valence-corrected chi connectivity index (χ1v) is 8.79. The average Bonchev–Trinajstić information content (AvgIpc) is 2.69. The molecule has 2 aromatic rings. The van der Waals surface area contributed by atoms with E-state index in [1.165, 1.54) is 5.56 Å². The monoisotopic (exact) mass is 339 g/mol. The summed E-state index contributed by atoms with van der Waals surface area (Å²) in [7, 11) is 1.65. The summed E-state index contributed by atoms with van der Waals surface area (Å²) in [5.41, 5.74) is 1.75. The SMILES string of the molecule is COc1ccc(C2(C(=O)NCCc3ccccc3)CCOCC2)cc1. The Morgan fingerprint density at radius 1 is 1.08 bits per heavy atom. The van der Waals surface area contributed by atoms with Crippen LogP contribution < -0.4 is 10.1 Å². The van der Waals surface area contributed by atoms with Crippen molar-refractivity contribution in [1.29, 1.82) is 0 Å². The number of hydrogen-bond donors (Lipinski definition) is 1. The minimum atomic E-state index is -0.513. The van der Waals surface area contributed by atoms with Gasteiger partial charge in [-0.25, -0.2) is 0 Å². The predicted octanol–water partition coefficient (Wildman–Crippen LogP) is 3.10. The van der Waals surface area contributed by atoms with Gasteiger partial charge in [0.15, 0.2) is 0 Å². The van der Waals surface area contributed by atoms with Crippen molar-refractivity contribution in [2.45, 2.75) is 24.7 Å². The third-order valence-corrected chi connectivity index (χ3v) is 4.97. The highest BCUT2D eigenvalue weighted by atomic mass is 16.5. The van der Waals surface area contributed by atoms with Crippen LogP contribution in [0.15, 0.2) is 54.6 Å². The summed E-state index contributed by atoms with van der Waals surface area (Å²) in [5.74, 6) is 0.896. The lowest BCUT2D eigenvalue weighted by atomic mass is 9.73. The second-order valence-electron chi connectivity index (χ2n) is 6.41. The molecule has 0 aliphatic carbocycles. The number of methoxy groups -OCH3 is 1. The molecule has 0 atom stereocenters. The first kappa shape index (κ1) is 17.5. The summed E-state index contributed by atoms with van der Waals surface area (Å²) in [5, 5.41) is 3.14. The van der Waals surface area contributed by atoms with E-state index in [4.69, 9.17) is 9.47 Å². The summed E-state index contributed by atoms with van der Waals surface area (Å²) in [6.07, 6.45) is 2.24. The molecule has 1 saturated heterocycles. The Hall–Kier alpha value is -2.33. The van der Waals surface area contributed by atoms with Gasteiger partial charge in [0.05, 0.1) is 12.5 Å². The Morgan fingerprint density at radius 2 is 1.76 bits per heavy atom. The largest absolute Gasteiger partial charge is 0.497 e. The number of benzene rings is 2. The Labute approximate surface area is 149 Å². The molecule has 0 bridgehead atoms. The van der Waals surface area contributed by atoms with E-state index in [1.807, 2.05) is 42.5 Å². The van der Waals surface area contributed by atoms with Crippen LogP contribution in [0.4, 0.5) is 0 Å². The summed E-state index contributed by atoms with van der Waals surface area (Å²) in [4.78, 5) is 13.1. The maximum absolute atomic E-state index is 13.1. The van der Waals surface area contributed by atoms with Crippen LogP contribution in [0.25, 0.3) is 0 Å². The molecular formula is C21H25NO3. The lowest BCUT2D eigenvalue weighted by Crippen LogP contribution is -2.48. The van der Waals surface area contributed by atoms with Crippen molar-refractivity contribution in [2.24, 2.45) is 0 Å². The van der Waals surface area contributed by atoms with Gasteiger partial charge in [0.25, 0.3) is 0 Å². The zero-order valence-electron chi connectivity index (χ0n) is 14.7. The number of amides is 1. The van der Waals surface area contributed by atoms with Crippen molar-refractivity contribution in [2.75, 3.05) is 26.9 Å². The van der Waals surface area contributed by atoms with Gasteiger partial charge in [-0.1, -0.05) is 42.5 Å². The Balaban J connectivity index is 1.71. The van der Waals surface area contributed by atoms with Gasteiger partial charge < -0.3 is 14.8 Å². The Morgan fingerprint density at radius 3 is 2.40 bits per heavy atom. The molecule has 1 heterocycles. The molecule has 0 radical (unpaired) electrons. The molecule has 0 aromatic heterocycles. The topological polar surface area (TPSA) is 47.6 Å². The molecular weight excluding hydrogens is 314 g/mol. The van der Waals surface area contributed by atoms with Crippen molar-refractivity contribution >= 4 is 5.91 Å². The van der Waals surface area contributed by atoms with Crippen LogP contribution in [0.1, 0.15) is 24.0 Å². The third-order valence-electron chi connectivity index (χ3n) is 4.97. The molecule has 132 valence electrons. The van der Waals surface area contributed by atoms with E-state index >= 15 is 0 Å². The van der Waals surface area contributed by atoms with Crippen LogP contribution in [0, 0.1) is 0 Å². The van der Waals surface area contributed by atoms with Gasteiger partial charge in [0, 0.05) is 19.8 Å². The molecule has 0 saturated carbocycles. The zero-order chi connectivity index (χ0) is 17.5. The van der Waals surface area contributed by atoms with Crippen LogP contribution in [0.2, 0.25) is 0 Å². The molecule has 1 aliphatic rings. The zero-order valence-corrected chi connectivity index (χ0v) is 14.7. The molecule has 3 rings (SSSR count). The summed E-state index contributed by atoms with van der Waals surface area (Å²) < 4.78 is 10.7. The number of carbonyl (C=O) groups excluding carboxylic acids is 1. The first-order valence-electron chi connectivity index (χ1n) is 8.79. The summed E-state index contributed by atoms with van der Waals surface area (Å²) in [6.45, 7) is 1.86. The molecule has 0 unspecified atom stereocenters. The number of hydrogen-bond acceptors (Lipinski definition) is 3. The maximum atomic E-state index is 13.1. The molecule has 25 heavy (non-hydrogen) atoms. The summed E-state index contributed by atoms with van der Waals surface area (Å²) >= 11 is 0. The Bertz CT molecular complexity index is 676. The van der Waals surface area contributed by atoms with Crippen LogP contribution in [-0.4, -0.2) is 32.8 Å². The minimum Gasteiger partial charge on any atom is -0.497 e. The van der Waals surface area contributed by atoms with E-state index < -0.39 is 5.41 Å². The fraction of sp³-hybridized carbons (Fsp3) is 0.381. The van der Waals surface area contributed by atoms with Gasteiger partial charge in [-0.05, 0) is 42.5 Å². The van der Waals surface area contributed by atoms with Crippen molar-refractivity contribution in [3.05, 3.63) is 65.7 Å². The van der Waals surface area contributed by atoms with Gasteiger partial charge in [-0.3, -0.25) is 4.79 Å². The quantitative estimate of drug-likeness (QED) is 0.880. The molecule has 1 N–H and O–H groups in total. The number of rotatable bonds is 6. The van der Waals surface area contributed by atoms with Gasteiger partial charge >= 0.3 is 0 Å². The highest BCUT2D eigenvalue weighted by molar-refractivity contribution is 5.88. The van der Waals surface area contributed by atoms with Crippen molar-refractivity contribution in [3.63, 3.8) is 0 Å². The second kappa shape index (κ2) is 8.17. The minimum absolute atomic E-state index is 0.0943. The number of carbonyl (C=O) groups is 1. The van der Waals surface area contributed by atoms with E-state index in [2.05, 4.69) is 17.4 Å². The first-order chi connectivity index (χ1) is 12.2. The van der Waals surface area contributed by atoms with E-state index in [0.29, 0.717) is 32.6 Å². The van der Waals surface area contributed by atoms with Crippen LogP contribution in [0.3, 0.4) is 0 Å². The highest BCUT2D eigenvalue weighted by Crippen LogP contribution is 2.36. The van der Waals surface area contributed by atoms with Crippen molar-refractivity contribution in [3.8, 4) is 5.75 Å². The molecule has 4 heteroatoms. The number of nitrogens with one attached hydrogen (secondary N) is 1. The fourth-order valence-electron chi connectivity index (χ4n) is 3.41. The van der Waals surface area contributed by atoms with Crippen LogP contribution in [-0.2, 0) is 21.4 Å². The molecule has 1 fully saturated rings. The molecule has 1 amide bonds. The summed E-state index contributed by atoms with van der Waals surface area (Å²) in [6, 6.07) is 18.1. The average molecular weight is 339 g/mol. The molecule has 4 nitrogen and oxygen atoms in total. The van der Waals surface area contributed by atoms with E-state index in [9.17, 15) is 4.79 Å². The van der Waals surface area contributed by atoms with Crippen molar-refractivity contribution < 1.29 is 14.3 Å². The lowest BCUT2D eigenvalue weighted by Gasteiger charge is -2.36. The van der Waals surface area contributed by atoms with Gasteiger partial charge in [0.1, 0.15) is 5.75 Å². The van der Waals surface area contributed by atoms with Gasteiger partial charge in [0.2, 0.25) is 5.91 Å². The molecule has 0 spiro atoms. The molecule has 1 aliphatic heterocycles. The Kier molecular flexibility index (Phi) is 5.71. The third kappa shape index (κ3) is 4.02. The maximum Gasteiger partial charge on any atom is 0.230 e. The second-order valence-corrected chi connectivity index (χ2v) is 6.41. The van der Waals surface area contributed by atoms with Gasteiger partial charge in [-0.15, -0.1) is 0 Å². The standard InChI is InChI=1S/C21H25NO3/c1-24-19-9-7-18(8-10-19)21(12-15-25-16-13-21)20(23)22-14-11-17-5-3-2-4-6-17/h2-10H,11-16H2,1H3,(H,22,23). The smallest absolute Gasteiger partial charge is 0.230 e. The van der Waals surface area contributed by atoms with E-state index in [1.54, 1.807) is 7.11 Å². The van der Waals surface area contributed by atoms with Crippen LogP contribution >= 0.6 is 0 Å². The highest BCUT2D eigenvalue weighted by Gasteiger charge is 2.41. The van der Waals surface area contributed by atoms with E-state index in [-0.39, 0.29) is 5.91 Å². The predicted molar refractivity (Wildman–Crippen MR) is 97.9 cm³/mol. The van der Waals surface area contributed by atoms with Crippen molar-refractivity contribution in [1.82, 2.24) is 5.32 Å². The number of ether oxygens (including phenoxy) is 2. The lowest BCUT2D eigenvalue weighted by molar-refractivity contribution is -0.130. The molecule has 2 aromatic carbocycles. The van der Waals surface area contributed by atoms with E-state index in [0.717, 1.165) is 17.7 Å². The van der Waals surface area contributed by atoms with Crippen LogP contribution in [0.5, 0.6) is 5.75 Å². The fourth-order valence-corrected chi connectivity index (χ4v) is 3.41. The normalized spacial score (nSPS) is 16.2.